The fourth-order valence-electron chi connectivity index (χ4n) is 1.21. The van der Waals surface area contributed by atoms with Gasteiger partial charge in [-0.15, -0.1) is 0 Å². The standard InChI is InChI=1S/C11H16N2O2/c1-8(11(14)15)7-13-9(2)10-3-5-12-6-4-10/h3-6,8-9,13H,7H2,1-2H3,(H,14,15)/t8?,9-/m0/s1. The van der Waals surface area contributed by atoms with Gasteiger partial charge in [0.1, 0.15) is 0 Å². The van der Waals surface area contributed by atoms with Crippen LogP contribution < -0.4 is 5.32 Å². The van der Waals surface area contributed by atoms with Gasteiger partial charge in [0.25, 0.3) is 0 Å². The van der Waals surface area contributed by atoms with E-state index in [0.29, 0.717) is 6.54 Å². The molecular formula is C11H16N2O2. The smallest absolute Gasteiger partial charge is 0.307 e. The normalized spacial score (nSPS) is 14.5. The zero-order valence-electron chi connectivity index (χ0n) is 8.97. The van der Waals surface area contributed by atoms with Crippen molar-refractivity contribution < 1.29 is 9.90 Å². The van der Waals surface area contributed by atoms with Gasteiger partial charge >= 0.3 is 5.97 Å². The number of hydrogen-bond acceptors (Lipinski definition) is 3. The van der Waals surface area contributed by atoms with Crippen LogP contribution in [0.1, 0.15) is 25.5 Å². The molecule has 15 heavy (non-hydrogen) atoms. The lowest BCUT2D eigenvalue weighted by atomic mass is 10.1. The van der Waals surface area contributed by atoms with E-state index in [2.05, 4.69) is 10.3 Å². The van der Waals surface area contributed by atoms with Gasteiger partial charge in [0.2, 0.25) is 0 Å². The van der Waals surface area contributed by atoms with Crippen molar-refractivity contribution in [3.63, 3.8) is 0 Å². The van der Waals surface area contributed by atoms with Crippen LogP contribution in [-0.4, -0.2) is 22.6 Å². The number of nitrogens with one attached hydrogen (secondary N) is 1. The maximum atomic E-state index is 10.6. The van der Waals surface area contributed by atoms with Gasteiger partial charge < -0.3 is 10.4 Å². The Hall–Kier alpha value is -1.42. The van der Waals surface area contributed by atoms with Crippen molar-refractivity contribution in [2.45, 2.75) is 19.9 Å². The summed E-state index contributed by atoms with van der Waals surface area (Å²) in [5.41, 5.74) is 1.11. The summed E-state index contributed by atoms with van der Waals surface area (Å²) in [5, 5.41) is 11.9. The number of aromatic nitrogens is 1. The van der Waals surface area contributed by atoms with Crippen LogP contribution in [0.25, 0.3) is 0 Å². The summed E-state index contributed by atoms with van der Waals surface area (Å²) < 4.78 is 0. The molecule has 4 heteroatoms. The second-order valence-corrected chi connectivity index (χ2v) is 3.65. The third kappa shape index (κ3) is 3.67. The van der Waals surface area contributed by atoms with E-state index in [9.17, 15) is 4.79 Å². The Bertz CT molecular complexity index is 314. The summed E-state index contributed by atoms with van der Waals surface area (Å²) in [6.45, 7) is 4.16. The molecule has 0 aliphatic rings. The van der Waals surface area contributed by atoms with Crippen LogP contribution >= 0.6 is 0 Å². The SMILES string of the molecule is CC(CN[C@@H](C)c1ccncc1)C(=O)O. The molecule has 4 nitrogen and oxygen atoms in total. The van der Waals surface area contributed by atoms with E-state index < -0.39 is 5.97 Å². The third-order valence-corrected chi connectivity index (χ3v) is 2.36. The van der Waals surface area contributed by atoms with Crippen LogP contribution in [0.3, 0.4) is 0 Å². The predicted molar refractivity (Wildman–Crippen MR) is 57.5 cm³/mol. The van der Waals surface area contributed by atoms with E-state index in [1.165, 1.54) is 0 Å². The quantitative estimate of drug-likeness (QED) is 0.768. The number of carboxylic acids is 1. The van der Waals surface area contributed by atoms with Gasteiger partial charge in [-0.05, 0) is 24.6 Å². The van der Waals surface area contributed by atoms with Crippen LogP contribution in [0.5, 0.6) is 0 Å². The molecule has 0 bridgehead atoms. The number of carboxylic acid groups (broad SMARTS) is 1. The van der Waals surface area contributed by atoms with Crippen LogP contribution in [0.15, 0.2) is 24.5 Å². The van der Waals surface area contributed by atoms with Gasteiger partial charge in [0.05, 0.1) is 5.92 Å². The molecule has 2 N–H and O–H groups in total. The molecule has 1 aromatic rings. The molecule has 1 unspecified atom stereocenters. The Kier molecular flexibility index (Phi) is 4.24. The lowest BCUT2D eigenvalue weighted by molar-refractivity contribution is -0.140. The Morgan fingerprint density at radius 1 is 1.47 bits per heavy atom. The summed E-state index contributed by atoms with van der Waals surface area (Å²) in [5.74, 6) is -1.14. The summed E-state index contributed by atoms with van der Waals surface area (Å²) in [6.07, 6.45) is 3.46. The number of rotatable bonds is 5. The van der Waals surface area contributed by atoms with Gasteiger partial charge in [-0.25, -0.2) is 0 Å². The topological polar surface area (TPSA) is 62.2 Å². The minimum absolute atomic E-state index is 0.148. The van der Waals surface area contributed by atoms with Crippen LogP contribution in [0.4, 0.5) is 0 Å². The largest absolute Gasteiger partial charge is 0.481 e. The van der Waals surface area contributed by atoms with E-state index in [0.717, 1.165) is 5.56 Å². The predicted octanol–water partition coefficient (Wildman–Crippen LogP) is 1.45. The van der Waals surface area contributed by atoms with Crippen LogP contribution in [0, 0.1) is 5.92 Å². The highest BCUT2D eigenvalue weighted by molar-refractivity contribution is 5.69. The molecular weight excluding hydrogens is 192 g/mol. The molecule has 0 saturated heterocycles. The zero-order valence-corrected chi connectivity index (χ0v) is 8.97. The van der Waals surface area contributed by atoms with Crippen molar-refractivity contribution in [1.29, 1.82) is 0 Å². The van der Waals surface area contributed by atoms with Crippen molar-refractivity contribution >= 4 is 5.97 Å². The van der Waals surface area contributed by atoms with Crippen molar-refractivity contribution in [3.8, 4) is 0 Å². The maximum Gasteiger partial charge on any atom is 0.307 e. The molecule has 0 saturated carbocycles. The summed E-state index contributed by atoms with van der Waals surface area (Å²) in [7, 11) is 0. The molecule has 82 valence electrons. The first kappa shape index (κ1) is 11.7. The van der Waals surface area contributed by atoms with E-state index in [-0.39, 0.29) is 12.0 Å². The average molecular weight is 208 g/mol. The fraction of sp³-hybridized carbons (Fsp3) is 0.455. The lowest BCUT2D eigenvalue weighted by Crippen LogP contribution is -2.28. The number of pyridine rings is 1. The van der Waals surface area contributed by atoms with Crippen LogP contribution in [0.2, 0.25) is 0 Å². The minimum atomic E-state index is -0.774. The Labute approximate surface area is 89.3 Å². The summed E-state index contributed by atoms with van der Waals surface area (Å²) >= 11 is 0. The van der Waals surface area contributed by atoms with Crippen molar-refractivity contribution in [1.82, 2.24) is 10.3 Å². The van der Waals surface area contributed by atoms with E-state index >= 15 is 0 Å². The average Bonchev–Trinajstić information content (AvgIpc) is 2.26. The highest BCUT2D eigenvalue weighted by atomic mass is 16.4. The number of aliphatic carboxylic acids is 1. The van der Waals surface area contributed by atoms with E-state index in [1.807, 2.05) is 19.1 Å². The van der Waals surface area contributed by atoms with E-state index in [4.69, 9.17) is 5.11 Å². The molecule has 1 heterocycles. The molecule has 0 radical (unpaired) electrons. The van der Waals surface area contributed by atoms with Gasteiger partial charge in [-0.2, -0.15) is 0 Å². The zero-order chi connectivity index (χ0) is 11.3. The monoisotopic (exact) mass is 208 g/mol. The first-order valence-electron chi connectivity index (χ1n) is 4.97. The molecule has 2 atom stereocenters. The molecule has 1 aromatic heterocycles. The molecule has 0 aliphatic carbocycles. The fourth-order valence-corrected chi connectivity index (χ4v) is 1.21. The maximum absolute atomic E-state index is 10.6. The number of carbonyl (C=O) groups is 1. The van der Waals surface area contributed by atoms with Crippen molar-refractivity contribution in [2.24, 2.45) is 5.92 Å². The molecule has 0 aromatic carbocycles. The summed E-state index contributed by atoms with van der Waals surface area (Å²) in [4.78, 5) is 14.5. The lowest BCUT2D eigenvalue weighted by Gasteiger charge is -2.15. The highest BCUT2D eigenvalue weighted by Crippen LogP contribution is 2.10. The molecule has 0 aliphatic heterocycles. The molecule has 0 fully saturated rings. The molecule has 0 spiro atoms. The Morgan fingerprint density at radius 2 is 2.07 bits per heavy atom. The first-order chi connectivity index (χ1) is 7.11. The van der Waals surface area contributed by atoms with Gasteiger partial charge in [0.15, 0.2) is 0 Å². The Morgan fingerprint density at radius 3 is 2.60 bits per heavy atom. The van der Waals surface area contributed by atoms with Crippen molar-refractivity contribution in [2.75, 3.05) is 6.54 Å². The van der Waals surface area contributed by atoms with E-state index in [1.54, 1.807) is 19.3 Å². The molecule has 0 amide bonds. The Balaban J connectivity index is 2.43. The summed E-state index contributed by atoms with van der Waals surface area (Å²) in [6, 6.07) is 3.99. The number of nitrogens with zero attached hydrogens (tertiary/aromatic N) is 1. The van der Waals surface area contributed by atoms with Gasteiger partial charge in [-0.3, -0.25) is 9.78 Å². The second-order valence-electron chi connectivity index (χ2n) is 3.65. The van der Waals surface area contributed by atoms with Gasteiger partial charge in [0, 0.05) is 25.0 Å². The van der Waals surface area contributed by atoms with Crippen LogP contribution in [-0.2, 0) is 4.79 Å². The first-order valence-corrected chi connectivity index (χ1v) is 4.97. The van der Waals surface area contributed by atoms with Gasteiger partial charge in [-0.1, -0.05) is 6.92 Å². The van der Waals surface area contributed by atoms with Crippen molar-refractivity contribution in [3.05, 3.63) is 30.1 Å². The number of hydrogen-bond donors (Lipinski definition) is 2. The third-order valence-electron chi connectivity index (χ3n) is 2.36. The molecule has 1 rings (SSSR count). The second kappa shape index (κ2) is 5.46. The highest BCUT2D eigenvalue weighted by Gasteiger charge is 2.12. The minimum Gasteiger partial charge on any atom is -0.481 e.